The van der Waals surface area contributed by atoms with Gasteiger partial charge in [-0.25, -0.2) is 0 Å². The Morgan fingerprint density at radius 2 is 1.89 bits per heavy atom. The first-order valence-electron chi connectivity index (χ1n) is 6.53. The van der Waals surface area contributed by atoms with Crippen molar-refractivity contribution in [1.29, 1.82) is 0 Å². The second-order valence-electron chi connectivity index (χ2n) is 4.65. The number of hydrogen-bond donors (Lipinski definition) is 1. The van der Waals surface area contributed by atoms with Crippen molar-refractivity contribution >= 4 is 11.0 Å². The number of aliphatic hydroxyl groups excluding tert-OH is 1. The first-order chi connectivity index (χ1) is 9.31. The molecule has 0 amide bonds. The highest BCUT2D eigenvalue weighted by Crippen LogP contribution is 2.30. The van der Waals surface area contributed by atoms with Crippen LogP contribution in [0.2, 0.25) is 0 Å². The molecule has 0 spiro atoms. The molecule has 0 atom stereocenters. The van der Waals surface area contributed by atoms with E-state index in [4.69, 9.17) is 9.52 Å². The van der Waals surface area contributed by atoms with Gasteiger partial charge in [-0.3, -0.25) is 0 Å². The maximum Gasteiger partial charge on any atom is 0.135 e. The van der Waals surface area contributed by atoms with Gasteiger partial charge in [-0.15, -0.1) is 0 Å². The summed E-state index contributed by atoms with van der Waals surface area (Å²) in [5, 5.41) is 10.2. The summed E-state index contributed by atoms with van der Waals surface area (Å²) < 4.78 is 5.93. The second-order valence-corrected chi connectivity index (χ2v) is 4.65. The van der Waals surface area contributed by atoms with Crippen molar-refractivity contribution in [3.8, 4) is 11.3 Å². The van der Waals surface area contributed by atoms with E-state index in [1.807, 2.05) is 24.3 Å². The second kappa shape index (κ2) is 4.90. The summed E-state index contributed by atoms with van der Waals surface area (Å²) >= 11 is 0. The van der Waals surface area contributed by atoms with Gasteiger partial charge in [0.05, 0.1) is 6.61 Å². The van der Waals surface area contributed by atoms with Crippen LogP contribution in [0.4, 0.5) is 0 Å². The van der Waals surface area contributed by atoms with Gasteiger partial charge >= 0.3 is 0 Å². The van der Waals surface area contributed by atoms with Gasteiger partial charge in [0.2, 0.25) is 0 Å². The van der Waals surface area contributed by atoms with Crippen LogP contribution in [0.1, 0.15) is 18.1 Å². The number of aryl methyl sites for hydroxylation is 1. The third kappa shape index (κ3) is 2.15. The van der Waals surface area contributed by atoms with Crippen molar-refractivity contribution in [2.45, 2.75) is 20.0 Å². The van der Waals surface area contributed by atoms with Crippen LogP contribution >= 0.6 is 0 Å². The molecule has 0 saturated carbocycles. The monoisotopic (exact) mass is 252 g/mol. The van der Waals surface area contributed by atoms with Gasteiger partial charge in [-0.05, 0) is 29.7 Å². The van der Waals surface area contributed by atoms with E-state index in [1.165, 1.54) is 5.56 Å². The van der Waals surface area contributed by atoms with Gasteiger partial charge in [-0.1, -0.05) is 43.3 Å². The lowest BCUT2D eigenvalue weighted by molar-refractivity contribution is 0.282. The molecule has 0 aliphatic rings. The van der Waals surface area contributed by atoms with Gasteiger partial charge in [0.1, 0.15) is 11.3 Å². The zero-order valence-electron chi connectivity index (χ0n) is 10.9. The predicted molar refractivity (Wildman–Crippen MR) is 77.0 cm³/mol. The Hall–Kier alpha value is -2.06. The molecule has 0 fully saturated rings. The molecule has 0 radical (unpaired) electrons. The smallest absolute Gasteiger partial charge is 0.135 e. The quantitative estimate of drug-likeness (QED) is 0.759. The molecule has 96 valence electrons. The fourth-order valence-electron chi connectivity index (χ4n) is 2.38. The molecule has 2 aromatic carbocycles. The highest BCUT2D eigenvalue weighted by molar-refractivity contribution is 5.84. The summed E-state index contributed by atoms with van der Waals surface area (Å²) in [5.41, 5.74) is 4.13. The molecule has 3 rings (SSSR count). The van der Waals surface area contributed by atoms with Crippen LogP contribution in [0, 0.1) is 0 Å². The van der Waals surface area contributed by atoms with Crippen LogP contribution < -0.4 is 0 Å². The van der Waals surface area contributed by atoms with E-state index < -0.39 is 0 Å². The average molecular weight is 252 g/mol. The summed E-state index contributed by atoms with van der Waals surface area (Å²) in [5.74, 6) is 0.891. The van der Waals surface area contributed by atoms with Crippen LogP contribution in [-0.2, 0) is 13.0 Å². The fraction of sp³-hybridized carbons (Fsp3) is 0.176. The Kier molecular flexibility index (Phi) is 3.10. The number of benzene rings is 2. The normalized spacial score (nSPS) is 11.1. The van der Waals surface area contributed by atoms with Gasteiger partial charge < -0.3 is 9.52 Å². The van der Waals surface area contributed by atoms with Crippen LogP contribution in [-0.4, -0.2) is 5.11 Å². The summed E-state index contributed by atoms with van der Waals surface area (Å²) in [7, 11) is 0. The number of furan rings is 1. The third-order valence-electron chi connectivity index (χ3n) is 3.43. The van der Waals surface area contributed by atoms with Crippen molar-refractivity contribution in [2.24, 2.45) is 0 Å². The minimum atomic E-state index is 0.0392. The molecule has 0 aliphatic carbocycles. The predicted octanol–water partition coefficient (Wildman–Crippen LogP) is 4.15. The van der Waals surface area contributed by atoms with Crippen molar-refractivity contribution in [3.63, 3.8) is 0 Å². The molecule has 0 bridgehead atoms. The zero-order valence-corrected chi connectivity index (χ0v) is 10.9. The molecule has 1 aromatic heterocycles. The maximum absolute atomic E-state index is 9.16. The van der Waals surface area contributed by atoms with Crippen LogP contribution in [0.5, 0.6) is 0 Å². The molecule has 0 saturated heterocycles. The van der Waals surface area contributed by atoms with Crippen LogP contribution in [0.25, 0.3) is 22.3 Å². The Morgan fingerprint density at radius 3 is 2.68 bits per heavy atom. The molecule has 1 heterocycles. The maximum atomic E-state index is 9.16. The lowest BCUT2D eigenvalue weighted by atomic mass is 10.0. The molecule has 1 N–H and O–H groups in total. The molecule has 0 aliphatic heterocycles. The van der Waals surface area contributed by atoms with E-state index in [2.05, 4.69) is 31.2 Å². The number of hydrogen-bond acceptors (Lipinski definition) is 2. The van der Waals surface area contributed by atoms with Gasteiger partial charge in [-0.2, -0.15) is 0 Å². The Morgan fingerprint density at radius 1 is 1.05 bits per heavy atom. The van der Waals surface area contributed by atoms with E-state index in [9.17, 15) is 0 Å². The molecular weight excluding hydrogens is 236 g/mol. The number of fused-ring (bicyclic) bond motifs is 1. The minimum Gasteiger partial charge on any atom is -0.456 e. The zero-order chi connectivity index (χ0) is 13.2. The number of aliphatic hydroxyl groups is 1. The minimum absolute atomic E-state index is 0.0392. The largest absolute Gasteiger partial charge is 0.456 e. The lowest BCUT2D eigenvalue weighted by Crippen LogP contribution is -1.84. The van der Waals surface area contributed by atoms with E-state index in [-0.39, 0.29) is 6.61 Å². The van der Waals surface area contributed by atoms with Crippen molar-refractivity contribution in [3.05, 3.63) is 59.7 Å². The van der Waals surface area contributed by atoms with E-state index in [0.717, 1.165) is 34.3 Å². The molecule has 19 heavy (non-hydrogen) atoms. The van der Waals surface area contributed by atoms with Crippen molar-refractivity contribution in [2.75, 3.05) is 0 Å². The summed E-state index contributed by atoms with van der Waals surface area (Å²) in [6.07, 6.45) is 0.981. The van der Waals surface area contributed by atoms with E-state index >= 15 is 0 Å². The first kappa shape index (κ1) is 12.0. The fourth-order valence-corrected chi connectivity index (χ4v) is 2.38. The summed E-state index contributed by atoms with van der Waals surface area (Å²) in [4.78, 5) is 0. The van der Waals surface area contributed by atoms with Crippen LogP contribution in [0.15, 0.2) is 52.9 Å². The van der Waals surface area contributed by atoms with E-state index in [1.54, 1.807) is 0 Å². The van der Waals surface area contributed by atoms with Gasteiger partial charge in [0, 0.05) is 10.9 Å². The number of rotatable bonds is 3. The topological polar surface area (TPSA) is 33.4 Å². The first-order valence-corrected chi connectivity index (χ1v) is 6.53. The molecule has 2 nitrogen and oxygen atoms in total. The molecular formula is C17H16O2. The Balaban J connectivity index is 2.15. The summed E-state index contributed by atoms with van der Waals surface area (Å²) in [6, 6.07) is 16.2. The average Bonchev–Trinajstić information content (AvgIpc) is 2.89. The van der Waals surface area contributed by atoms with Crippen LogP contribution in [0.3, 0.4) is 0 Å². The SMILES string of the molecule is CCc1ccccc1-c1cc2ccc(CO)cc2o1. The highest BCUT2D eigenvalue weighted by atomic mass is 16.3. The van der Waals surface area contributed by atoms with Crippen molar-refractivity contribution in [1.82, 2.24) is 0 Å². The van der Waals surface area contributed by atoms with Crippen molar-refractivity contribution < 1.29 is 9.52 Å². The third-order valence-corrected chi connectivity index (χ3v) is 3.43. The Labute approximate surface area is 112 Å². The Bertz CT molecular complexity index is 710. The standard InChI is InChI=1S/C17H16O2/c1-2-13-5-3-4-6-15(13)17-10-14-8-7-12(11-18)9-16(14)19-17/h3-10,18H,2,11H2,1H3. The van der Waals surface area contributed by atoms with E-state index in [0.29, 0.717) is 0 Å². The molecule has 2 heteroatoms. The lowest BCUT2D eigenvalue weighted by Gasteiger charge is -2.03. The molecule has 3 aromatic rings. The highest BCUT2D eigenvalue weighted by Gasteiger charge is 2.09. The summed E-state index contributed by atoms with van der Waals surface area (Å²) in [6.45, 7) is 2.18. The van der Waals surface area contributed by atoms with Gasteiger partial charge in [0.15, 0.2) is 0 Å². The van der Waals surface area contributed by atoms with Gasteiger partial charge in [0.25, 0.3) is 0 Å². The molecule has 0 unspecified atom stereocenters.